The van der Waals surface area contributed by atoms with Gasteiger partial charge in [-0.2, -0.15) is 4.31 Å². The van der Waals surface area contributed by atoms with E-state index in [-0.39, 0.29) is 13.2 Å². The number of aryl methyl sites for hydroxylation is 2. The molecule has 2 aliphatic heterocycles. The third kappa shape index (κ3) is 2.83. The zero-order valence-corrected chi connectivity index (χ0v) is 14.6. The normalized spacial score (nSPS) is 24.5. The van der Waals surface area contributed by atoms with Gasteiger partial charge in [0.15, 0.2) is 6.61 Å². The average Bonchev–Trinajstić information content (AvgIpc) is 3.21. The van der Waals surface area contributed by atoms with Crippen LogP contribution in [-0.4, -0.2) is 55.4 Å². The molecule has 1 aromatic carbocycles. The van der Waals surface area contributed by atoms with E-state index in [4.69, 9.17) is 4.74 Å². The highest BCUT2D eigenvalue weighted by Gasteiger charge is 2.43. The van der Waals surface area contributed by atoms with Gasteiger partial charge < -0.3 is 4.74 Å². The molecule has 0 bridgehead atoms. The average molecular weight is 364 g/mol. The zero-order chi connectivity index (χ0) is 17.6. The predicted molar refractivity (Wildman–Crippen MR) is 88.4 cm³/mol. The second-order valence-corrected chi connectivity index (χ2v) is 8.70. The number of cyclic esters (lactones) is 1. The lowest BCUT2D eigenvalue weighted by molar-refractivity contribution is -0.127. The van der Waals surface area contributed by atoms with E-state index in [1.807, 2.05) is 6.07 Å². The Morgan fingerprint density at radius 1 is 1.08 bits per heavy atom. The lowest BCUT2D eigenvalue weighted by Crippen LogP contribution is -2.42. The fourth-order valence-corrected chi connectivity index (χ4v) is 5.42. The number of hydrogen-bond donors (Lipinski definition) is 0. The molecule has 134 valence electrons. The number of imide groups is 1. The van der Waals surface area contributed by atoms with Crippen LogP contribution in [0.25, 0.3) is 0 Å². The molecular formula is C17H20N2O5S. The van der Waals surface area contributed by atoms with E-state index in [1.54, 1.807) is 12.1 Å². The Kier molecular flexibility index (Phi) is 4.04. The van der Waals surface area contributed by atoms with E-state index in [0.29, 0.717) is 17.9 Å². The molecule has 2 heterocycles. The van der Waals surface area contributed by atoms with E-state index < -0.39 is 28.1 Å². The van der Waals surface area contributed by atoms with Crippen LogP contribution in [0.2, 0.25) is 0 Å². The second-order valence-electron chi connectivity index (χ2n) is 6.76. The smallest absolute Gasteiger partial charge is 0.417 e. The number of sulfonamides is 1. The Balaban J connectivity index is 1.55. The maximum Gasteiger partial charge on any atom is 0.417 e. The van der Waals surface area contributed by atoms with Crippen LogP contribution in [0.1, 0.15) is 30.4 Å². The molecule has 0 saturated carbocycles. The van der Waals surface area contributed by atoms with Gasteiger partial charge in [0, 0.05) is 13.1 Å². The maximum absolute atomic E-state index is 13.0. The van der Waals surface area contributed by atoms with E-state index >= 15 is 0 Å². The van der Waals surface area contributed by atoms with Crippen molar-refractivity contribution in [3.05, 3.63) is 29.3 Å². The van der Waals surface area contributed by atoms with Crippen LogP contribution in [-0.2, 0) is 32.4 Å². The molecule has 2 fully saturated rings. The van der Waals surface area contributed by atoms with Gasteiger partial charge in [-0.15, -0.1) is 0 Å². The first-order valence-electron chi connectivity index (χ1n) is 8.57. The molecule has 0 aromatic heterocycles. The molecule has 2 saturated heterocycles. The Morgan fingerprint density at radius 2 is 1.84 bits per heavy atom. The third-order valence-electron chi connectivity index (χ3n) is 5.23. The summed E-state index contributed by atoms with van der Waals surface area (Å²) in [5.41, 5.74) is 2.34. The lowest BCUT2D eigenvalue weighted by atomic mass is 9.92. The van der Waals surface area contributed by atoms with E-state index in [2.05, 4.69) is 0 Å². The predicted octanol–water partition coefficient (Wildman–Crippen LogP) is 1.31. The third-order valence-corrected chi connectivity index (χ3v) is 7.09. The molecule has 0 N–H and O–H groups in total. The van der Waals surface area contributed by atoms with E-state index in [0.717, 1.165) is 36.1 Å². The molecule has 1 atom stereocenters. The number of carbonyl (C=O) groups excluding carboxylic acids is 2. The minimum absolute atomic E-state index is 0.125. The number of benzene rings is 1. The van der Waals surface area contributed by atoms with Gasteiger partial charge in [0.2, 0.25) is 10.0 Å². The number of carbonyl (C=O) groups is 2. The van der Waals surface area contributed by atoms with Gasteiger partial charge in [0.25, 0.3) is 5.91 Å². The molecule has 4 rings (SSSR count). The fourth-order valence-electron chi connectivity index (χ4n) is 3.88. The van der Waals surface area contributed by atoms with Crippen molar-refractivity contribution in [3.63, 3.8) is 0 Å². The molecule has 0 spiro atoms. The molecule has 7 nitrogen and oxygen atoms in total. The maximum atomic E-state index is 13.0. The van der Waals surface area contributed by atoms with Gasteiger partial charge in [-0.25, -0.2) is 18.1 Å². The Labute approximate surface area is 146 Å². The largest absolute Gasteiger partial charge is 0.439 e. The first-order chi connectivity index (χ1) is 12.0. The molecule has 8 heteroatoms. The van der Waals surface area contributed by atoms with Crippen LogP contribution in [0.15, 0.2) is 23.1 Å². The summed E-state index contributed by atoms with van der Waals surface area (Å²) in [4.78, 5) is 24.8. The summed E-state index contributed by atoms with van der Waals surface area (Å²) in [5, 5.41) is 0. The summed E-state index contributed by atoms with van der Waals surface area (Å²) in [7, 11) is -3.63. The highest BCUT2D eigenvalue weighted by atomic mass is 32.2. The van der Waals surface area contributed by atoms with Gasteiger partial charge in [-0.1, -0.05) is 6.07 Å². The summed E-state index contributed by atoms with van der Waals surface area (Å²) in [6.45, 7) is 0.161. The summed E-state index contributed by atoms with van der Waals surface area (Å²) < 4.78 is 32.0. The SMILES string of the molecule is O=C1COC(=O)N1C1CCN(S(=O)(=O)c2ccc3c(c2)CCCC3)C1. The summed E-state index contributed by atoms with van der Waals surface area (Å²) in [6, 6.07) is 4.92. The molecule has 1 aliphatic carbocycles. The second kappa shape index (κ2) is 6.10. The number of rotatable bonds is 3. The van der Waals surface area contributed by atoms with E-state index in [1.165, 1.54) is 9.87 Å². The monoisotopic (exact) mass is 364 g/mol. The number of ether oxygens (including phenoxy) is 1. The van der Waals surface area contributed by atoms with Crippen LogP contribution in [0.5, 0.6) is 0 Å². The number of fused-ring (bicyclic) bond motifs is 1. The first kappa shape index (κ1) is 16.5. The Hall–Kier alpha value is -1.93. The van der Waals surface area contributed by atoms with Crippen molar-refractivity contribution in [2.45, 2.75) is 43.0 Å². The van der Waals surface area contributed by atoms with Crippen molar-refractivity contribution < 1.29 is 22.7 Å². The van der Waals surface area contributed by atoms with E-state index in [9.17, 15) is 18.0 Å². The van der Waals surface area contributed by atoms with Crippen LogP contribution < -0.4 is 0 Å². The topological polar surface area (TPSA) is 84.0 Å². The number of amides is 2. The van der Waals surface area contributed by atoms with Gasteiger partial charge in [0.1, 0.15) is 0 Å². The molecule has 0 radical (unpaired) electrons. The van der Waals surface area contributed by atoms with Gasteiger partial charge in [-0.05, 0) is 55.4 Å². The Bertz CT molecular complexity index is 819. The summed E-state index contributed by atoms with van der Waals surface area (Å²) in [5.74, 6) is -0.400. The van der Waals surface area contributed by atoms with Crippen LogP contribution in [0.4, 0.5) is 4.79 Å². The molecule has 1 unspecified atom stereocenters. The van der Waals surface area contributed by atoms with Crippen molar-refractivity contribution in [2.75, 3.05) is 19.7 Å². The van der Waals surface area contributed by atoms with Crippen molar-refractivity contribution in [2.24, 2.45) is 0 Å². The number of nitrogens with zero attached hydrogens (tertiary/aromatic N) is 2. The summed E-state index contributed by atoms with van der Waals surface area (Å²) >= 11 is 0. The highest BCUT2D eigenvalue weighted by Crippen LogP contribution is 2.29. The molecular weight excluding hydrogens is 344 g/mol. The molecule has 1 aromatic rings. The first-order valence-corrected chi connectivity index (χ1v) is 10.0. The highest BCUT2D eigenvalue weighted by molar-refractivity contribution is 7.89. The zero-order valence-electron chi connectivity index (χ0n) is 13.8. The molecule has 3 aliphatic rings. The van der Waals surface area contributed by atoms with Gasteiger partial charge >= 0.3 is 6.09 Å². The number of hydrogen-bond acceptors (Lipinski definition) is 5. The minimum atomic E-state index is -3.63. The minimum Gasteiger partial charge on any atom is -0.439 e. The van der Waals surface area contributed by atoms with Crippen molar-refractivity contribution in [1.82, 2.24) is 9.21 Å². The summed E-state index contributed by atoms with van der Waals surface area (Å²) in [6.07, 6.45) is 3.90. The molecule has 2 amide bonds. The van der Waals surface area contributed by atoms with Gasteiger partial charge in [0.05, 0.1) is 10.9 Å². The van der Waals surface area contributed by atoms with Crippen molar-refractivity contribution in [1.29, 1.82) is 0 Å². The lowest BCUT2D eigenvalue weighted by Gasteiger charge is -2.21. The van der Waals surface area contributed by atoms with Gasteiger partial charge in [-0.3, -0.25) is 4.79 Å². The van der Waals surface area contributed by atoms with Crippen LogP contribution in [0.3, 0.4) is 0 Å². The quantitative estimate of drug-likeness (QED) is 0.807. The molecule has 25 heavy (non-hydrogen) atoms. The van der Waals surface area contributed by atoms with Crippen LogP contribution in [0, 0.1) is 0 Å². The van der Waals surface area contributed by atoms with Crippen molar-refractivity contribution >= 4 is 22.0 Å². The van der Waals surface area contributed by atoms with Crippen molar-refractivity contribution in [3.8, 4) is 0 Å². The van der Waals surface area contributed by atoms with Crippen LogP contribution >= 0.6 is 0 Å². The Morgan fingerprint density at radius 3 is 2.56 bits per heavy atom. The standard InChI is InChI=1S/C17H20N2O5S/c20-16-11-24-17(21)19(16)14-7-8-18(10-14)25(22,23)15-6-5-12-3-1-2-4-13(12)9-15/h5-6,9,14H,1-4,7-8,10-11H2. The fraction of sp³-hybridized carbons (Fsp3) is 0.529.